The van der Waals surface area contributed by atoms with Crippen LogP contribution in [0.2, 0.25) is 0 Å². The van der Waals surface area contributed by atoms with Gasteiger partial charge in [-0.15, -0.1) is 0 Å². The van der Waals surface area contributed by atoms with E-state index in [2.05, 4.69) is 6.58 Å². The number of hydrogen-bond donors (Lipinski definition) is 2. The highest BCUT2D eigenvalue weighted by atomic mass is 35.5. The number of ketones is 1. The van der Waals surface area contributed by atoms with Crippen molar-refractivity contribution in [1.82, 2.24) is 0 Å². The summed E-state index contributed by atoms with van der Waals surface area (Å²) in [5, 5.41) is 22.8. The molecular weight excluding hydrogens is 455 g/mol. The molecule has 0 spiro atoms. The smallest absolute Gasteiger partial charge is 0.344 e. The molecule has 0 aromatic carbocycles. The van der Waals surface area contributed by atoms with E-state index in [0.29, 0.717) is 0 Å². The number of alkyl halides is 2. The molecule has 2 N–H and O–H groups in total. The molecule has 0 aromatic heterocycles. The molecule has 0 aromatic rings. The number of rotatable bonds is 3. The molecule has 7 atom stereocenters. The summed E-state index contributed by atoms with van der Waals surface area (Å²) in [7, 11) is 0. The summed E-state index contributed by atoms with van der Waals surface area (Å²) in [5.74, 6) is -3.85. The maximum absolute atomic E-state index is 17.2. The first-order valence-electron chi connectivity index (χ1n) is 10.6. The van der Waals surface area contributed by atoms with Crippen LogP contribution in [0.3, 0.4) is 0 Å². The fraction of sp³-hybridized carbons (Fsp3) is 0.542. The average Bonchev–Trinajstić information content (AvgIpc) is 2.93. The number of fused-ring (bicyclic) bond motifs is 5. The van der Waals surface area contributed by atoms with Crippen LogP contribution in [0.25, 0.3) is 0 Å². The summed E-state index contributed by atoms with van der Waals surface area (Å²) in [6.07, 6.45) is 3.34. The molecule has 2 fully saturated rings. The van der Waals surface area contributed by atoms with Crippen molar-refractivity contribution in [3.05, 3.63) is 47.8 Å². The van der Waals surface area contributed by atoms with Crippen molar-refractivity contribution in [2.24, 2.45) is 22.7 Å². The number of halogens is 2. The highest BCUT2D eigenvalue weighted by Crippen LogP contribution is 2.70. The Balaban J connectivity index is 1.94. The third-order valence-electron chi connectivity index (χ3n) is 8.20. The predicted molar refractivity (Wildman–Crippen MR) is 115 cm³/mol. The zero-order valence-corrected chi connectivity index (χ0v) is 19.3. The summed E-state index contributed by atoms with van der Waals surface area (Å²) in [4.78, 5) is 36.7. The molecule has 0 saturated heterocycles. The highest BCUT2D eigenvalue weighted by molar-refractivity contribution is 6.17. The first kappa shape index (κ1) is 23.9. The minimum atomic E-state index is -2.33. The highest BCUT2D eigenvalue weighted by Gasteiger charge is 2.76. The van der Waals surface area contributed by atoms with Crippen molar-refractivity contribution >= 4 is 29.3 Å². The number of ether oxygens (including phenoxy) is 2. The van der Waals surface area contributed by atoms with Gasteiger partial charge in [-0.3, -0.25) is 9.59 Å². The summed E-state index contributed by atoms with van der Waals surface area (Å²) in [6, 6.07) is -0.490. The SMILES string of the molecule is C=C1C[C@H]2[C@@H]3C=C(OC(C)=O)C4=CC(=O)C=C[C@]4(C)[C@@]3(F)[C@@H](O)C[C@]2(C)[C@@]1(O)C(=O)OCCl. The Hall–Kier alpha value is -2.29. The van der Waals surface area contributed by atoms with Crippen molar-refractivity contribution in [2.75, 3.05) is 6.07 Å². The van der Waals surface area contributed by atoms with Gasteiger partial charge >= 0.3 is 11.9 Å². The first-order chi connectivity index (χ1) is 15.3. The maximum Gasteiger partial charge on any atom is 0.344 e. The number of esters is 2. The lowest BCUT2D eigenvalue weighted by atomic mass is 9.46. The van der Waals surface area contributed by atoms with Gasteiger partial charge in [0.1, 0.15) is 5.76 Å². The zero-order valence-electron chi connectivity index (χ0n) is 18.6. The molecule has 2 saturated carbocycles. The molecule has 0 aliphatic heterocycles. The molecule has 0 amide bonds. The fourth-order valence-corrected chi connectivity index (χ4v) is 6.60. The first-order valence-corrected chi connectivity index (χ1v) is 11.2. The quantitative estimate of drug-likeness (QED) is 0.363. The molecule has 4 aliphatic carbocycles. The Labute approximate surface area is 195 Å². The summed E-state index contributed by atoms with van der Waals surface area (Å²) >= 11 is 5.55. The van der Waals surface area contributed by atoms with E-state index in [1.807, 2.05) is 0 Å². The molecule has 178 valence electrons. The van der Waals surface area contributed by atoms with Gasteiger partial charge in [0.15, 0.2) is 23.1 Å². The van der Waals surface area contributed by atoms with E-state index in [-0.39, 0.29) is 29.7 Å². The monoisotopic (exact) mass is 480 g/mol. The van der Waals surface area contributed by atoms with Crippen molar-refractivity contribution in [1.29, 1.82) is 0 Å². The van der Waals surface area contributed by atoms with Gasteiger partial charge in [-0.05, 0) is 49.5 Å². The molecule has 7 nitrogen and oxygen atoms in total. The van der Waals surface area contributed by atoms with Crippen LogP contribution in [0.15, 0.2) is 47.8 Å². The van der Waals surface area contributed by atoms with Crippen molar-refractivity contribution < 1.29 is 38.5 Å². The number of carbonyl (C=O) groups is 3. The molecule has 0 bridgehead atoms. The molecule has 0 heterocycles. The molecule has 9 heteroatoms. The van der Waals surface area contributed by atoms with Crippen LogP contribution in [0.5, 0.6) is 0 Å². The van der Waals surface area contributed by atoms with E-state index in [1.165, 1.54) is 38.2 Å². The minimum Gasteiger partial charge on any atom is -0.447 e. The molecule has 4 rings (SSSR count). The Bertz CT molecular complexity index is 1060. The Kier molecular flexibility index (Phi) is 5.32. The topological polar surface area (TPSA) is 110 Å². The standard InChI is InChI=1S/C24H26ClFO7/c1-12-7-15-16-9-18(33-13(2)27)17-8-14(28)5-6-21(17,3)23(16,26)19(29)10-22(15,4)24(12,31)20(30)32-11-25/h5-6,8-9,15-16,19,29,31H,1,7,10-11H2,2-4H3/t15-,16-,19-,21-,22-,23-,24-/m0/s1. The number of aliphatic hydroxyl groups excluding tert-OH is 1. The number of allylic oxidation sites excluding steroid dienone is 5. The van der Waals surface area contributed by atoms with Gasteiger partial charge in [-0.25, -0.2) is 9.18 Å². The van der Waals surface area contributed by atoms with Crippen LogP contribution in [-0.2, 0) is 23.9 Å². The second kappa shape index (κ2) is 7.35. The Morgan fingerprint density at radius 2 is 2.03 bits per heavy atom. The second-order valence-corrected chi connectivity index (χ2v) is 9.94. The number of aliphatic hydroxyl groups is 2. The van der Waals surface area contributed by atoms with E-state index in [0.717, 1.165) is 0 Å². The fourth-order valence-electron chi connectivity index (χ4n) is 6.50. The largest absolute Gasteiger partial charge is 0.447 e. The third kappa shape index (κ3) is 2.83. The van der Waals surface area contributed by atoms with Gasteiger partial charge in [0.2, 0.25) is 0 Å². The van der Waals surface area contributed by atoms with E-state index in [1.54, 1.807) is 6.92 Å². The lowest BCUT2D eigenvalue weighted by Crippen LogP contribution is -2.68. The lowest BCUT2D eigenvalue weighted by Gasteiger charge is -2.60. The lowest BCUT2D eigenvalue weighted by molar-refractivity contribution is -0.209. The maximum atomic E-state index is 17.2. The van der Waals surface area contributed by atoms with Crippen LogP contribution >= 0.6 is 11.6 Å². The predicted octanol–water partition coefficient (Wildman–Crippen LogP) is 2.66. The normalized spacial score (nSPS) is 43.7. The van der Waals surface area contributed by atoms with E-state index < -0.39 is 63.8 Å². The third-order valence-corrected chi connectivity index (χ3v) is 8.31. The number of hydrogen-bond acceptors (Lipinski definition) is 7. The Morgan fingerprint density at radius 1 is 1.36 bits per heavy atom. The van der Waals surface area contributed by atoms with Crippen molar-refractivity contribution in [2.45, 2.75) is 51.0 Å². The average molecular weight is 481 g/mol. The van der Waals surface area contributed by atoms with Gasteiger partial charge in [-0.1, -0.05) is 31.2 Å². The van der Waals surface area contributed by atoms with Crippen molar-refractivity contribution in [3.8, 4) is 0 Å². The van der Waals surface area contributed by atoms with E-state index >= 15 is 4.39 Å². The summed E-state index contributed by atoms with van der Waals surface area (Å²) in [6.45, 7) is 8.18. The zero-order chi connectivity index (χ0) is 24.6. The number of carbonyl (C=O) groups excluding carboxylic acids is 3. The molecule has 4 aliphatic rings. The Morgan fingerprint density at radius 3 is 2.64 bits per heavy atom. The summed E-state index contributed by atoms with van der Waals surface area (Å²) < 4.78 is 27.5. The van der Waals surface area contributed by atoms with Gasteiger partial charge < -0.3 is 19.7 Å². The molecule has 0 radical (unpaired) electrons. The van der Waals surface area contributed by atoms with Gasteiger partial charge in [0, 0.05) is 23.8 Å². The van der Waals surface area contributed by atoms with Crippen LogP contribution in [-0.4, -0.2) is 51.4 Å². The van der Waals surface area contributed by atoms with E-state index in [9.17, 15) is 24.6 Å². The van der Waals surface area contributed by atoms with Gasteiger partial charge in [-0.2, -0.15) is 0 Å². The van der Waals surface area contributed by atoms with Crippen LogP contribution < -0.4 is 0 Å². The molecular formula is C24H26ClFO7. The van der Waals surface area contributed by atoms with E-state index in [4.69, 9.17) is 21.1 Å². The van der Waals surface area contributed by atoms with Crippen LogP contribution in [0.1, 0.15) is 33.6 Å². The van der Waals surface area contributed by atoms with Gasteiger partial charge in [0.25, 0.3) is 0 Å². The second-order valence-electron chi connectivity index (χ2n) is 9.72. The van der Waals surface area contributed by atoms with Gasteiger partial charge in [0.05, 0.1) is 11.5 Å². The molecule has 33 heavy (non-hydrogen) atoms. The van der Waals surface area contributed by atoms with Crippen LogP contribution in [0.4, 0.5) is 4.39 Å². The summed E-state index contributed by atoms with van der Waals surface area (Å²) in [5.41, 5.74) is -7.10. The molecule has 0 unspecified atom stereocenters. The minimum absolute atomic E-state index is 0.0156. The van der Waals surface area contributed by atoms with Crippen LogP contribution in [0, 0.1) is 22.7 Å². The van der Waals surface area contributed by atoms with Crippen molar-refractivity contribution in [3.63, 3.8) is 0 Å².